The van der Waals surface area contributed by atoms with Crippen molar-refractivity contribution in [1.82, 2.24) is 19.5 Å². The van der Waals surface area contributed by atoms with E-state index in [9.17, 15) is 8.42 Å². The van der Waals surface area contributed by atoms with E-state index in [0.29, 0.717) is 11.6 Å². The van der Waals surface area contributed by atoms with Gasteiger partial charge >= 0.3 is 0 Å². The molecule has 0 radical (unpaired) electrons. The Morgan fingerprint density at radius 2 is 1.96 bits per heavy atom. The molecular formula is C16H15ClN4O2S. The Hall–Kier alpha value is -2.22. The van der Waals surface area contributed by atoms with Crippen LogP contribution in [0, 0.1) is 0 Å². The molecule has 3 aromatic rings. The molecule has 0 aliphatic rings. The molecule has 0 bridgehead atoms. The third-order valence-corrected chi connectivity index (χ3v) is 5.00. The van der Waals surface area contributed by atoms with Crippen molar-refractivity contribution in [3.05, 3.63) is 65.9 Å². The lowest BCUT2D eigenvalue weighted by molar-refractivity contribution is 0.561. The van der Waals surface area contributed by atoms with Gasteiger partial charge in [0.05, 0.1) is 17.1 Å². The number of pyridine rings is 1. The van der Waals surface area contributed by atoms with Gasteiger partial charge in [0.2, 0.25) is 10.0 Å². The molecule has 0 atom stereocenters. The van der Waals surface area contributed by atoms with Gasteiger partial charge in [0, 0.05) is 24.0 Å². The molecule has 0 saturated carbocycles. The molecule has 0 unspecified atom stereocenters. The summed E-state index contributed by atoms with van der Waals surface area (Å²) in [7, 11) is -3.59. The molecule has 3 rings (SSSR count). The third kappa shape index (κ3) is 4.00. The van der Waals surface area contributed by atoms with Crippen LogP contribution in [-0.4, -0.2) is 29.7 Å². The fraction of sp³-hybridized carbons (Fsp3) is 0.125. The Bertz CT molecular complexity index is 926. The molecule has 8 heteroatoms. The fourth-order valence-corrected chi connectivity index (χ4v) is 3.47. The van der Waals surface area contributed by atoms with Crippen molar-refractivity contribution in [3.8, 4) is 11.4 Å². The maximum absolute atomic E-state index is 12.2. The molecular weight excluding hydrogens is 348 g/mol. The molecule has 0 aliphatic heterocycles. The highest BCUT2D eigenvalue weighted by atomic mass is 35.5. The predicted molar refractivity (Wildman–Crippen MR) is 92.1 cm³/mol. The molecule has 0 fully saturated rings. The Labute approximate surface area is 145 Å². The van der Waals surface area contributed by atoms with E-state index in [2.05, 4.69) is 14.8 Å². The van der Waals surface area contributed by atoms with Crippen LogP contribution in [0.1, 0.15) is 0 Å². The highest BCUT2D eigenvalue weighted by Gasteiger charge is 2.13. The minimum absolute atomic E-state index is 0.143. The third-order valence-electron chi connectivity index (χ3n) is 3.31. The van der Waals surface area contributed by atoms with Gasteiger partial charge < -0.3 is 0 Å². The van der Waals surface area contributed by atoms with E-state index in [0.717, 1.165) is 11.4 Å². The van der Waals surface area contributed by atoms with Crippen molar-refractivity contribution in [1.29, 1.82) is 0 Å². The number of nitrogens with zero attached hydrogens (tertiary/aromatic N) is 3. The van der Waals surface area contributed by atoms with Gasteiger partial charge in [-0.2, -0.15) is 5.10 Å². The molecule has 0 spiro atoms. The molecule has 1 aromatic carbocycles. The van der Waals surface area contributed by atoms with Crippen LogP contribution in [0.4, 0.5) is 0 Å². The maximum atomic E-state index is 12.2. The largest absolute Gasteiger partial charge is 0.271 e. The lowest BCUT2D eigenvalue weighted by Crippen LogP contribution is -2.27. The van der Waals surface area contributed by atoms with E-state index >= 15 is 0 Å². The van der Waals surface area contributed by atoms with E-state index in [1.807, 2.05) is 24.3 Å². The van der Waals surface area contributed by atoms with Gasteiger partial charge in [0.15, 0.2) is 0 Å². The number of hydrogen-bond acceptors (Lipinski definition) is 4. The molecule has 6 nitrogen and oxygen atoms in total. The van der Waals surface area contributed by atoms with Gasteiger partial charge in [0.1, 0.15) is 5.69 Å². The summed E-state index contributed by atoms with van der Waals surface area (Å²) in [6, 6.07) is 13.6. The number of rotatable bonds is 6. The van der Waals surface area contributed by atoms with E-state index in [1.165, 1.54) is 12.1 Å². The van der Waals surface area contributed by atoms with E-state index in [-0.39, 0.29) is 11.4 Å². The average molecular weight is 363 g/mol. The van der Waals surface area contributed by atoms with Crippen molar-refractivity contribution < 1.29 is 8.42 Å². The maximum Gasteiger partial charge on any atom is 0.240 e. The zero-order valence-electron chi connectivity index (χ0n) is 12.6. The van der Waals surface area contributed by atoms with Crippen LogP contribution >= 0.6 is 11.6 Å². The second-order valence-electron chi connectivity index (χ2n) is 5.03. The van der Waals surface area contributed by atoms with Gasteiger partial charge in [-0.15, -0.1) is 0 Å². The molecule has 24 heavy (non-hydrogen) atoms. The quantitative estimate of drug-likeness (QED) is 0.731. The summed E-state index contributed by atoms with van der Waals surface area (Å²) in [5, 5.41) is 4.76. The van der Waals surface area contributed by atoms with Crippen LogP contribution in [0.2, 0.25) is 5.02 Å². The first-order valence-corrected chi connectivity index (χ1v) is 9.11. The standard InChI is InChI=1S/C16H15ClN4O2S/c17-13-4-3-5-14(12-13)24(22,23)19-9-11-21-10-7-16(20-21)15-6-1-2-8-18-15/h1-8,10,12,19H,9,11H2. The Kier molecular flexibility index (Phi) is 4.94. The number of nitrogens with one attached hydrogen (secondary N) is 1. The summed E-state index contributed by atoms with van der Waals surface area (Å²) in [6.07, 6.45) is 3.49. The van der Waals surface area contributed by atoms with Crippen LogP contribution in [0.5, 0.6) is 0 Å². The smallest absolute Gasteiger partial charge is 0.240 e. The number of hydrogen-bond donors (Lipinski definition) is 1. The molecule has 1 N–H and O–H groups in total. The second-order valence-corrected chi connectivity index (χ2v) is 7.24. The van der Waals surface area contributed by atoms with Crippen LogP contribution in [0.3, 0.4) is 0 Å². The first-order valence-electron chi connectivity index (χ1n) is 7.25. The minimum atomic E-state index is -3.59. The van der Waals surface area contributed by atoms with Crippen molar-refractivity contribution in [2.75, 3.05) is 6.54 Å². The number of halogens is 1. The van der Waals surface area contributed by atoms with Crippen molar-refractivity contribution in [2.24, 2.45) is 0 Å². The predicted octanol–water partition coefficient (Wildman–Crippen LogP) is 2.58. The summed E-state index contributed by atoms with van der Waals surface area (Å²) < 4.78 is 28.6. The van der Waals surface area contributed by atoms with Gasteiger partial charge in [-0.25, -0.2) is 13.1 Å². The van der Waals surface area contributed by atoms with Crippen molar-refractivity contribution in [2.45, 2.75) is 11.4 Å². The minimum Gasteiger partial charge on any atom is -0.271 e. The Morgan fingerprint density at radius 1 is 1.08 bits per heavy atom. The zero-order valence-corrected chi connectivity index (χ0v) is 14.2. The molecule has 2 heterocycles. The lowest BCUT2D eigenvalue weighted by Gasteiger charge is -2.07. The number of benzene rings is 1. The normalized spacial score (nSPS) is 11.5. The number of aromatic nitrogens is 3. The Balaban J connectivity index is 1.62. The van der Waals surface area contributed by atoms with E-state index in [4.69, 9.17) is 11.6 Å². The summed E-state index contributed by atoms with van der Waals surface area (Å²) in [5.41, 5.74) is 1.52. The van der Waals surface area contributed by atoms with Gasteiger partial charge in [0.25, 0.3) is 0 Å². The summed E-state index contributed by atoms with van der Waals surface area (Å²) in [5.74, 6) is 0. The van der Waals surface area contributed by atoms with Crippen molar-refractivity contribution >= 4 is 21.6 Å². The zero-order chi connectivity index (χ0) is 17.0. The molecule has 0 amide bonds. The van der Waals surface area contributed by atoms with Crippen molar-refractivity contribution in [3.63, 3.8) is 0 Å². The first kappa shape index (κ1) is 16.6. The van der Waals surface area contributed by atoms with Gasteiger partial charge in [-0.1, -0.05) is 23.7 Å². The first-order chi connectivity index (χ1) is 11.5. The van der Waals surface area contributed by atoms with Gasteiger partial charge in [-0.3, -0.25) is 9.67 Å². The van der Waals surface area contributed by atoms with Gasteiger partial charge in [-0.05, 0) is 36.4 Å². The number of sulfonamides is 1. The summed E-state index contributed by atoms with van der Waals surface area (Å²) in [6.45, 7) is 0.630. The highest BCUT2D eigenvalue weighted by molar-refractivity contribution is 7.89. The molecule has 0 aliphatic carbocycles. The van der Waals surface area contributed by atoms with Crippen LogP contribution in [-0.2, 0) is 16.6 Å². The molecule has 124 valence electrons. The fourth-order valence-electron chi connectivity index (χ4n) is 2.15. The summed E-state index contributed by atoms with van der Waals surface area (Å²) >= 11 is 5.83. The second kappa shape index (κ2) is 7.12. The van der Waals surface area contributed by atoms with Crippen LogP contribution < -0.4 is 4.72 Å². The topological polar surface area (TPSA) is 76.9 Å². The van der Waals surface area contributed by atoms with Crippen LogP contribution in [0.15, 0.2) is 65.8 Å². The van der Waals surface area contributed by atoms with E-state index in [1.54, 1.807) is 29.2 Å². The van der Waals surface area contributed by atoms with E-state index < -0.39 is 10.0 Å². The SMILES string of the molecule is O=S(=O)(NCCn1ccc(-c2ccccn2)n1)c1cccc(Cl)c1. The highest BCUT2D eigenvalue weighted by Crippen LogP contribution is 2.15. The monoisotopic (exact) mass is 362 g/mol. The average Bonchev–Trinajstić information content (AvgIpc) is 3.04. The van der Waals surface area contributed by atoms with Crippen LogP contribution in [0.25, 0.3) is 11.4 Å². The molecule has 2 aromatic heterocycles. The Morgan fingerprint density at radius 3 is 2.71 bits per heavy atom. The molecule has 0 saturated heterocycles. The summed E-state index contributed by atoms with van der Waals surface area (Å²) in [4.78, 5) is 4.37. The lowest BCUT2D eigenvalue weighted by atomic mass is 10.3.